The fourth-order valence-corrected chi connectivity index (χ4v) is 3.60. The predicted molar refractivity (Wildman–Crippen MR) is 115 cm³/mol. The van der Waals surface area contributed by atoms with Crippen LogP contribution in [0.4, 0.5) is 11.4 Å². The molecule has 0 fully saturated rings. The first-order valence-electron chi connectivity index (χ1n) is 9.67. The van der Waals surface area contributed by atoms with E-state index in [-0.39, 0.29) is 11.8 Å². The zero-order valence-corrected chi connectivity index (χ0v) is 16.3. The SMILES string of the molecule is CN1CCN(C(=O)c2ccccc2NC(=O)c2ccccc2)Cc2ccccc21. The number of hydrogen-bond donors (Lipinski definition) is 1. The second-order valence-electron chi connectivity index (χ2n) is 7.14. The molecule has 0 atom stereocenters. The van der Waals surface area contributed by atoms with Crippen molar-refractivity contribution < 1.29 is 9.59 Å². The van der Waals surface area contributed by atoms with Gasteiger partial charge in [0.15, 0.2) is 0 Å². The first-order valence-corrected chi connectivity index (χ1v) is 9.67. The summed E-state index contributed by atoms with van der Waals surface area (Å²) in [7, 11) is 2.04. The van der Waals surface area contributed by atoms with E-state index in [4.69, 9.17) is 0 Å². The fourth-order valence-electron chi connectivity index (χ4n) is 3.60. The Morgan fingerprint density at radius 2 is 1.52 bits per heavy atom. The van der Waals surface area contributed by atoms with Crippen molar-refractivity contribution in [2.45, 2.75) is 6.54 Å². The smallest absolute Gasteiger partial charge is 0.256 e. The van der Waals surface area contributed by atoms with Crippen molar-refractivity contribution in [3.05, 3.63) is 95.6 Å². The summed E-state index contributed by atoms with van der Waals surface area (Å²) in [6.07, 6.45) is 0. The molecule has 0 unspecified atom stereocenters. The average Bonchev–Trinajstić information content (AvgIpc) is 2.93. The lowest BCUT2D eigenvalue weighted by Gasteiger charge is -2.22. The normalized spacial score (nSPS) is 13.4. The van der Waals surface area contributed by atoms with E-state index in [9.17, 15) is 9.59 Å². The molecule has 29 heavy (non-hydrogen) atoms. The minimum Gasteiger partial charge on any atom is -0.373 e. The lowest BCUT2D eigenvalue weighted by Crippen LogP contribution is -2.34. The van der Waals surface area contributed by atoms with Crippen LogP contribution in [0.15, 0.2) is 78.9 Å². The number of nitrogens with zero attached hydrogens (tertiary/aromatic N) is 2. The molecule has 3 aromatic carbocycles. The van der Waals surface area contributed by atoms with Crippen molar-refractivity contribution in [3.8, 4) is 0 Å². The van der Waals surface area contributed by atoms with Gasteiger partial charge in [-0.3, -0.25) is 9.59 Å². The molecular formula is C24H23N3O2. The first kappa shape index (κ1) is 18.7. The van der Waals surface area contributed by atoms with Crippen LogP contribution in [-0.2, 0) is 6.54 Å². The molecule has 146 valence electrons. The highest BCUT2D eigenvalue weighted by molar-refractivity contribution is 6.09. The number of likely N-dealkylation sites (N-methyl/N-ethyl adjacent to an activating group) is 1. The quantitative estimate of drug-likeness (QED) is 0.741. The van der Waals surface area contributed by atoms with Gasteiger partial charge in [0.25, 0.3) is 11.8 Å². The molecule has 0 aromatic heterocycles. The van der Waals surface area contributed by atoms with Gasteiger partial charge in [-0.15, -0.1) is 0 Å². The summed E-state index contributed by atoms with van der Waals surface area (Å²) in [4.78, 5) is 30.0. The molecule has 5 heteroatoms. The highest BCUT2D eigenvalue weighted by Gasteiger charge is 2.24. The Hall–Kier alpha value is -3.60. The van der Waals surface area contributed by atoms with Gasteiger partial charge in [-0.2, -0.15) is 0 Å². The van der Waals surface area contributed by atoms with Crippen molar-refractivity contribution in [1.29, 1.82) is 0 Å². The van der Waals surface area contributed by atoms with Crippen LogP contribution >= 0.6 is 0 Å². The van der Waals surface area contributed by atoms with Crippen molar-refractivity contribution in [3.63, 3.8) is 0 Å². The van der Waals surface area contributed by atoms with Gasteiger partial charge in [0, 0.05) is 37.9 Å². The van der Waals surface area contributed by atoms with E-state index in [1.54, 1.807) is 24.3 Å². The van der Waals surface area contributed by atoms with E-state index in [2.05, 4.69) is 22.3 Å². The van der Waals surface area contributed by atoms with Crippen LogP contribution in [-0.4, -0.2) is 36.9 Å². The molecule has 0 aliphatic carbocycles. The Balaban J connectivity index is 1.59. The van der Waals surface area contributed by atoms with E-state index in [1.807, 2.05) is 54.4 Å². The average molecular weight is 385 g/mol. The lowest BCUT2D eigenvalue weighted by molar-refractivity contribution is 0.0753. The maximum Gasteiger partial charge on any atom is 0.256 e. The monoisotopic (exact) mass is 385 g/mol. The molecule has 0 radical (unpaired) electrons. The Bertz CT molecular complexity index is 1030. The number of amides is 2. The summed E-state index contributed by atoms with van der Waals surface area (Å²) in [5.41, 5.74) is 3.84. The third-order valence-electron chi connectivity index (χ3n) is 5.20. The van der Waals surface area contributed by atoms with Crippen molar-refractivity contribution >= 4 is 23.2 Å². The van der Waals surface area contributed by atoms with Crippen LogP contribution in [0.3, 0.4) is 0 Å². The van der Waals surface area contributed by atoms with Crippen LogP contribution in [0.25, 0.3) is 0 Å². The number of hydrogen-bond acceptors (Lipinski definition) is 3. The van der Waals surface area contributed by atoms with Gasteiger partial charge in [0.1, 0.15) is 0 Å². The second-order valence-corrected chi connectivity index (χ2v) is 7.14. The second kappa shape index (κ2) is 8.19. The summed E-state index contributed by atoms with van der Waals surface area (Å²) in [5.74, 6) is -0.314. The van der Waals surface area contributed by atoms with Gasteiger partial charge in [0.2, 0.25) is 0 Å². The molecule has 0 bridgehead atoms. The van der Waals surface area contributed by atoms with Gasteiger partial charge in [-0.25, -0.2) is 0 Å². The standard InChI is InChI=1S/C24H23N3O2/c1-26-15-16-27(17-19-11-5-8-14-22(19)26)24(29)20-12-6-7-13-21(20)25-23(28)18-9-3-2-4-10-18/h2-14H,15-17H2,1H3,(H,25,28). The van der Waals surface area contributed by atoms with E-state index < -0.39 is 0 Å². The molecule has 0 saturated carbocycles. The van der Waals surface area contributed by atoms with Gasteiger partial charge < -0.3 is 15.1 Å². The number of para-hydroxylation sites is 2. The summed E-state index contributed by atoms with van der Waals surface area (Å²) in [6, 6.07) is 24.3. The van der Waals surface area contributed by atoms with Crippen LogP contribution in [0.1, 0.15) is 26.3 Å². The number of rotatable bonds is 3. The third kappa shape index (κ3) is 3.99. The first-order chi connectivity index (χ1) is 14.1. The number of fused-ring (bicyclic) bond motifs is 1. The molecule has 4 rings (SSSR count). The van der Waals surface area contributed by atoms with Gasteiger partial charge in [0.05, 0.1) is 11.3 Å². The van der Waals surface area contributed by atoms with Crippen molar-refractivity contribution in [2.24, 2.45) is 0 Å². The molecular weight excluding hydrogens is 362 g/mol. The van der Waals surface area contributed by atoms with E-state index in [0.29, 0.717) is 29.9 Å². The minimum absolute atomic E-state index is 0.0842. The van der Waals surface area contributed by atoms with E-state index in [0.717, 1.165) is 17.8 Å². The van der Waals surface area contributed by atoms with Gasteiger partial charge in [-0.05, 0) is 35.9 Å². The van der Waals surface area contributed by atoms with Crippen molar-refractivity contribution in [1.82, 2.24) is 4.90 Å². The molecule has 0 spiro atoms. The zero-order chi connectivity index (χ0) is 20.2. The van der Waals surface area contributed by atoms with Crippen LogP contribution in [0, 0.1) is 0 Å². The highest BCUT2D eigenvalue weighted by Crippen LogP contribution is 2.26. The molecule has 1 heterocycles. The number of carbonyl (C=O) groups excluding carboxylic acids is 2. The summed E-state index contributed by atoms with van der Waals surface area (Å²) in [5, 5.41) is 2.89. The van der Waals surface area contributed by atoms with Crippen LogP contribution < -0.4 is 10.2 Å². The van der Waals surface area contributed by atoms with Crippen molar-refractivity contribution in [2.75, 3.05) is 30.4 Å². The topological polar surface area (TPSA) is 52.6 Å². The summed E-state index contributed by atoms with van der Waals surface area (Å²) >= 11 is 0. The molecule has 5 nitrogen and oxygen atoms in total. The number of carbonyl (C=O) groups is 2. The molecule has 0 saturated heterocycles. The Morgan fingerprint density at radius 1 is 0.828 bits per heavy atom. The van der Waals surface area contributed by atoms with E-state index >= 15 is 0 Å². The Kier molecular flexibility index (Phi) is 5.29. The summed E-state index contributed by atoms with van der Waals surface area (Å²) < 4.78 is 0. The van der Waals surface area contributed by atoms with Gasteiger partial charge in [-0.1, -0.05) is 48.5 Å². The third-order valence-corrected chi connectivity index (χ3v) is 5.20. The molecule has 3 aromatic rings. The molecule has 1 N–H and O–H groups in total. The maximum atomic E-state index is 13.4. The fraction of sp³-hybridized carbons (Fsp3) is 0.167. The Morgan fingerprint density at radius 3 is 2.34 bits per heavy atom. The van der Waals surface area contributed by atoms with Crippen LogP contribution in [0.2, 0.25) is 0 Å². The minimum atomic E-state index is -0.230. The Labute approximate surface area is 170 Å². The lowest BCUT2D eigenvalue weighted by atomic mass is 10.1. The summed E-state index contributed by atoms with van der Waals surface area (Å²) in [6.45, 7) is 1.91. The number of benzene rings is 3. The van der Waals surface area contributed by atoms with E-state index in [1.165, 1.54) is 0 Å². The zero-order valence-electron chi connectivity index (χ0n) is 16.3. The largest absolute Gasteiger partial charge is 0.373 e. The molecule has 1 aliphatic heterocycles. The number of nitrogens with one attached hydrogen (secondary N) is 1. The highest BCUT2D eigenvalue weighted by atomic mass is 16.2. The molecule has 1 aliphatic rings. The van der Waals surface area contributed by atoms with Crippen LogP contribution in [0.5, 0.6) is 0 Å². The van der Waals surface area contributed by atoms with Gasteiger partial charge >= 0.3 is 0 Å². The number of anilines is 2. The predicted octanol–water partition coefficient (Wildman–Crippen LogP) is 4.03. The molecule has 2 amide bonds. The maximum absolute atomic E-state index is 13.4.